The van der Waals surface area contributed by atoms with Gasteiger partial charge in [-0.2, -0.15) is 10.1 Å². The maximum absolute atomic E-state index is 13.7. The maximum atomic E-state index is 13.7. The number of nitrogens with two attached hydrogens (primary N) is 2. The largest absolute Gasteiger partial charge is 0.470 e. The average molecular weight is 528 g/mol. The Labute approximate surface area is 220 Å². The second-order valence-electron chi connectivity index (χ2n) is 9.88. The van der Waals surface area contributed by atoms with Crippen LogP contribution in [-0.2, 0) is 0 Å². The Morgan fingerprint density at radius 2 is 1.71 bits per heavy atom. The van der Waals surface area contributed by atoms with Gasteiger partial charge >= 0.3 is 0 Å². The summed E-state index contributed by atoms with van der Waals surface area (Å²) in [6.07, 6.45) is -2.24. The third-order valence-electron chi connectivity index (χ3n) is 5.41. The predicted molar refractivity (Wildman–Crippen MR) is 144 cm³/mol. The van der Waals surface area contributed by atoms with Gasteiger partial charge in [-0.05, 0) is 60.7 Å². The second-order valence-corrected chi connectivity index (χ2v) is 9.88. The van der Waals surface area contributed by atoms with Crippen molar-refractivity contribution in [3.8, 4) is 28.3 Å². The third-order valence-corrected chi connectivity index (χ3v) is 5.41. The zero-order valence-electron chi connectivity index (χ0n) is 22.1. The minimum absolute atomic E-state index is 0.0232. The van der Waals surface area contributed by atoms with E-state index in [9.17, 15) is 13.2 Å². The average Bonchev–Trinajstić information content (AvgIpc) is 2.85. The molecular weight excluding hydrogens is 495 g/mol. The van der Waals surface area contributed by atoms with Crippen molar-refractivity contribution in [3.63, 3.8) is 0 Å². The van der Waals surface area contributed by atoms with Gasteiger partial charge in [-0.25, -0.2) is 18.2 Å². The SMILES string of the molecule is CCC(=NCC(C)(C)C)/C(COc1nc(N)nc(-c2ccc(F)cc2)c1-c1cc(C)nc(C(F)F)c1)=N\N. The van der Waals surface area contributed by atoms with Crippen LogP contribution in [-0.4, -0.2) is 39.5 Å². The van der Waals surface area contributed by atoms with Crippen LogP contribution >= 0.6 is 0 Å². The minimum Gasteiger partial charge on any atom is -0.470 e. The summed E-state index contributed by atoms with van der Waals surface area (Å²) < 4.78 is 47.0. The highest BCUT2D eigenvalue weighted by Crippen LogP contribution is 2.39. The van der Waals surface area contributed by atoms with Crippen molar-refractivity contribution in [1.82, 2.24) is 15.0 Å². The topological polar surface area (TPSA) is 125 Å². The molecule has 0 aliphatic heterocycles. The number of aliphatic imine (C=N–C) groups is 1. The number of hydrogen-bond donors (Lipinski definition) is 2. The van der Waals surface area contributed by atoms with Crippen LogP contribution in [0.4, 0.5) is 19.1 Å². The first-order valence-electron chi connectivity index (χ1n) is 12.1. The molecule has 0 saturated carbocycles. The molecule has 38 heavy (non-hydrogen) atoms. The number of ether oxygens (including phenoxy) is 1. The Kier molecular flexibility index (Phi) is 9.03. The van der Waals surface area contributed by atoms with Gasteiger partial charge in [0.2, 0.25) is 11.8 Å². The van der Waals surface area contributed by atoms with Crippen LogP contribution in [0, 0.1) is 18.2 Å². The lowest BCUT2D eigenvalue weighted by atomic mass is 9.97. The number of halogens is 3. The van der Waals surface area contributed by atoms with Crippen LogP contribution in [0.25, 0.3) is 22.4 Å². The summed E-state index contributed by atoms with van der Waals surface area (Å²) in [4.78, 5) is 17.2. The summed E-state index contributed by atoms with van der Waals surface area (Å²) in [6.45, 7) is 10.2. The van der Waals surface area contributed by atoms with E-state index in [0.29, 0.717) is 46.8 Å². The number of nitrogen functional groups attached to an aromatic ring is 1. The second kappa shape index (κ2) is 12.0. The zero-order valence-corrected chi connectivity index (χ0v) is 22.1. The fraction of sp³-hybridized carbons (Fsp3) is 0.370. The van der Waals surface area contributed by atoms with E-state index < -0.39 is 17.9 Å². The maximum Gasteiger partial charge on any atom is 0.280 e. The highest BCUT2D eigenvalue weighted by atomic mass is 19.3. The van der Waals surface area contributed by atoms with Crippen LogP contribution in [0.3, 0.4) is 0 Å². The first kappa shape index (κ1) is 28.5. The molecule has 8 nitrogen and oxygen atoms in total. The molecule has 202 valence electrons. The molecule has 0 spiro atoms. The van der Waals surface area contributed by atoms with Crippen molar-refractivity contribution >= 4 is 17.4 Å². The van der Waals surface area contributed by atoms with E-state index in [1.54, 1.807) is 13.0 Å². The Balaban J connectivity index is 2.15. The van der Waals surface area contributed by atoms with Gasteiger partial charge in [0.15, 0.2) is 0 Å². The van der Waals surface area contributed by atoms with Crippen molar-refractivity contribution in [2.24, 2.45) is 21.4 Å². The van der Waals surface area contributed by atoms with Gasteiger partial charge in [-0.15, -0.1) is 0 Å². The number of rotatable bonds is 9. The number of aromatic nitrogens is 3. The molecule has 11 heteroatoms. The molecule has 0 aliphatic rings. The van der Waals surface area contributed by atoms with Gasteiger partial charge in [0, 0.05) is 17.8 Å². The number of nitrogens with zero attached hydrogens (tertiary/aromatic N) is 5. The van der Waals surface area contributed by atoms with E-state index in [0.717, 1.165) is 0 Å². The van der Waals surface area contributed by atoms with Crippen molar-refractivity contribution < 1.29 is 17.9 Å². The highest BCUT2D eigenvalue weighted by Gasteiger charge is 2.22. The summed E-state index contributed by atoms with van der Waals surface area (Å²) in [5.74, 6) is 5.14. The van der Waals surface area contributed by atoms with E-state index in [-0.39, 0.29) is 29.5 Å². The molecule has 0 aliphatic carbocycles. The van der Waals surface area contributed by atoms with Crippen LogP contribution in [0.1, 0.15) is 51.9 Å². The van der Waals surface area contributed by atoms with Crippen molar-refractivity contribution in [1.29, 1.82) is 0 Å². The predicted octanol–water partition coefficient (Wildman–Crippen LogP) is 5.76. The summed E-state index contributed by atoms with van der Waals surface area (Å²) in [6, 6.07) is 8.39. The summed E-state index contributed by atoms with van der Waals surface area (Å²) in [5, 5.41) is 3.88. The molecule has 0 saturated heterocycles. The number of hydrazone groups is 1. The van der Waals surface area contributed by atoms with Gasteiger partial charge in [0.1, 0.15) is 23.8 Å². The van der Waals surface area contributed by atoms with Crippen LogP contribution in [0.15, 0.2) is 46.5 Å². The lowest BCUT2D eigenvalue weighted by molar-refractivity contribution is 0.146. The molecule has 1 aromatic carbocycles. The van der Waals surface area contributed by atoms with Gasteiger partial charge in [-0.3, -0.25) is 9.98 Å². The summed E-state index contributed by atoms with van der Waals surface area (Å²) in [7, 11) is 0. The molecular formula is C27H32F3N7O. The molecule has 0 atom stereocenters. The molecule has 2 heterocycles. The number of pyridine rings is 1. The summed E-state index contributed by atoms with van der Waals surface area (Å²) in [5.41, 5.74) is 8.39. The van der Waals surface area contributed by atoms with Gasteiger partial charge < -0.3 is 16.3 Å². The molecule has 3 aromatic rings. The number of benzene rings is 1. The highest BCUT2D eigenvalue weighted by molar-refractivity contribution is 6.42. The molecule has 0 amide bonds. The first-order valence-corrected chi connectivity index (χ1v) is 12.1. The van der Waals surface area contributed by atoms with E-state index in [1.807, 2.05) is 6.92 Å². The van der Waals surface area contributed by atoms with E-state index in [4.69, 9.17) is 16.3 Å². The van der Waals surface area contributed by atoms with E-state index in [2.05, 4.69) is 45.8 Å². The molecule has 0 radical (unpaired) electrons. The molecule has 2 aromatic heterocycles. The Hall–Kier alpha value is -4.02. The number of aryl methyl sites for hydroxylation is 1. The van der Waals surface area contributed by atoms with E-state index in [1.165, 1.54) is 30.3 Å². The minimum atomic E-state index is -2.80. The Morgan fingerprint density at radius 1 is 1.03 bits per heavy atom. The molecule has 3 rings (SSSR count). The summed E-state index contributed by atoms with van der Waals surface area (Å²) >= 11 is 0. The number of anilines is 1. The number of hydrogen-bond acceptors (Lipinski definition) is 8. The third kappa shape index (κ3) is 7.27. The Bertz CT molecular complexity index is 1330. The van der Waals surface area contributed by atoms with Crippen molar-refractivity contribution in [2.75, 3.05) is 18.9 Å². The fourth-order valence-corrected chi connectivity index (χ4v) is 3.66. The number of alkyl halides is 2. The molecule has 0 bridgehead atoms. The normalized spacial score (nSPS) is 12.8. The van der Waals surface area contributed by atoms with Crippen LogP contribution in [0.2, 0.25) is 0 Å². The zero-order chi connectivity index (χ0) is 28.0. The van der Waals surface area contributed by atoms with Crippen molar-refractivity contribution in [3.05, 3.63) is 53.6 Å². The van der Waals surface area contributed by atoms with Crippen LogP contribution in [0.5, 0.6) is 5.88 Å². The lowest BCUT2D eigenvalue weighted by Gasteiger charge is -2.18. The lowest BCUT2D eigenvalue weighted by Crippen LogP contribution is -2.25. The molecule has 0 unspecified atom stereocenters. The Morgan fingerprint density at radius 3 is 2.29 bits per heavy atom. The molecule has 0 fully saturated rings. The smallest absolute Gasteiger partial charge is 0.280 e. The fourth-order valence-electron chi connectivity index (χ4n) is 3.66. The van der Waals surface area contributed by atoms with Gasteiger partial charge in [0.25, 0.3) is 6.43 Å². The monoisotopic (exact) mass is 527 g/mol. The quantitative estimate of drug-likeness (QED) is 0.207. The first-order chi connectivity index (χ1) is 17.9. The van der Waals surface area contributed by atoms with E-state index >= 15 is 0 Å². The van der Waals surface area contributed by atoms with Crippen LogP contribution < -0.4 is 16.3 Å². The van der Waals surface area contributed by atoms with Gasteiger partial charge in [-0.1, -0.05) is 27.7 Å². The standard InChI is InChI=1S/C27H32F3N7O/c1-6-19(33-14-27(3,4)5)21(37-32)13-38-25-22(17-11-15(2)34-20(12-17)24(29)30)23(35-26(31)36-25)16-7-9-18(28)10-8-16/h7-12,24H,6,13-14,32H2,1-5H3,(H2,31,35,36)/b33-19?,37-21-. The molecule has 4 N–H and O–H groups in total. The van der Waals surface area contributed by atoms with Gasteiger partial charge in [0.05, 0.1) is 17.0 Å². The van der Waals surface area contributed by atoms with Crippen molar-refractivity contribution in [2.45, 2.75) is 47.5 Å².